The van der Waals surface area contributed by atoms with Crippen LogP contribution in [0.15, 0.2) is 12.7 Å². The van der Waals surface area contributed by atoms with Gasteiger partial charge in [-0.3, -0.25) is 9.48 Å². The van der Waals surface area contributed by atoms with Gasteiger partial charge in [0.05, 0.1) is 5.41 Å². The first-order valence-corrected chi connectivity index (χ1v) is 8.90. The number of amides is 1. The molecule has 0 N–H and O–H groups in total. The second-order valence-electron chi connectivity index (χ2n) is 7.49. The van der Waals surface area contributed by atoms with Gasteiger partial charge >= 0.3 is 0 Å². The van der Waals surface area contributed by atoms with Gasteiger partial charge in [-0.25, -0.2) is 4.98 Å². The van der Waals surface area contributed by atoms with Gasteiger partial charge < -0.3 is 4.90 Å². The Morgan fingerprint density at radius 1 is 1.14 bits per heavy atom. The number of nitrogens with zero attached hydrogens (tertiary/aromatic N) is 4. The lowest BCUT2D eigenvalue weighted by atomic mass is 9.54. The van der Waals surface area contributed by atoms with E-state index >= 15 is 0 Å². The molecule has 5 heteroatoms. The first kappa shape index (κ1) is 14.2. The normalized spacial score (nSPS) is 25.5. The molecule has 1 aliphatic heterocycles. The average Bonchev–Trinajstić information content (AvgIpc) is 2.93. The molecule has 3 aliphatic rings. The summed E-state index contributed by atoms with van der Waals surface area (Å²) in [6, 6.07) is 0. The summed E-state index contributed by atoms with van der Waals surface area (Å²) in [6.45, 7) is 2.81. The molecule has 1 amide bonds. The Kier molecular flexibility index (Phi) is 3.66. The molecular weight excluding hydrogens is 276 g/mol. The molecule has 0 unspecified atom stereocenters. The minimum Gasteiger partial charge on any atom is -0.342 e. The van der Waals surface area contributed by atoms with Crippen LogP contribution in [0.4, 0.5) is 0 Å². The van der Waals surface area contributed by atoms with Crippen molar-refractivity contribution >= 4 is 5.91 Å². The number of aromatic nitrogens is 3. The summed E-state index contributed by atoms with van der Waals surface area (Å²) >= 11 is 0. The van der Waals surface area contributed by atoms with Gasteiger partial charge in [0.2, 0.25) is 5.91 Å². The predicted molar refractivity (Wildman–Crippen MR) is 83.0 cm³/mol. The molecule has 0 atom stereocenters. The Hall–Kier alpha value is -1.39. The summed E-state index contributed by atoms with van der Waals surface area (Å²) in [5.41, 5.74) is 0.0526. The number of piperidine rings is 1. The summed E-state index contributed by atoms with van der Waals surface area (Å²) in [7, 11) is 0. The summed E-state index contributed by atoms with van der Waals surface area (Å²) in [4.78, 5) is 19.2. The second kappa shape index (κ2) is 5.67. The molecular formula is C17H26N4O. The molecule has 0 bridgehead atoms. The number of carbonyl (C=O) groups excluding carboxylic acids is 1. The van der Waals surface area contributed by atoms with Crippen LogP contribution in [0.25, 0.3) is 0 Å². The number of rotatable bonds is 4. The van der Waals surface area contributed by atoms with Crippen LogP contribution in [-0.2, 0) is 11.3 Å². The van der Waals surface area contributed by atoms with Crippen molar-refractivity contribution in [3.05, 3.63) is 12.7 Å². The molecule has 3 fully saturated rings. The summed E-state index contributed by atoms with van der Waals surface area (Å²) in [5.74, 6) is 1.82. The van der Waals surface area contributed by atoms with Crippen LogP contribution >= 0.6 is 0 Å². The SMILES string of the molecule is O=C(N1CCC(Cn2cncn2)CC1)C1(C2CCC2)CCC1. The highest BCUT2D eigenvalue weighted by molar-refractivity contribution is 5.84. The highest BCUT2D eigenvalue weighted by atomic mass is 16.2. The van der Waals surface area contributed by atoms with Crippen molar-refractivity contribution < 1.29 is 4.79 Å². The molecule has 0 aromatic carbocycles. The van der Waals surface area contributed by atoms with Gasteiger partial charge in [0.25, 0.3) is 0 Å². The smallest absolute Gasteiger partial charge is 0.229 e. The second-order valence-corrected chi connectivity index (χ2v) is 7.49. The van der Waals surface area contributed by atoms with Crippen LogP contribution in [-0.4, -0.2) is 38.7 Å². The highest BCUT2D eigenvalue weighted by Crippen LogP contribution is 2.55. The lowest BCUT2D eigenvalue weighted by Crippen LogP contribution is -2.55. The Bertz CT molecular complexity index is 511. The Morgan fingerprint density at radius 3 is 2.41 bits per heavy atom. The molecule has 2 heterocycles. The van der Waals surface area contributed by atoms with E-state index in [1.54, 1.807) is 12.7 Å². The van der Waals surface area contributed by atoms with E-state index < -0.39 is 0 Å². The molecule has 2 aliphatic carbocycles. The molecule has 22 heavy (non-hydrogen) atoms. The fourth-order valence-electron chi connectivity index (χ4n) is 4.54. The van der Waals surface area contributed by atoms with Crippen molar-refractivity contribution in [3.8, 4) is 0 Å². The van der Waals surface area contributed by atoms with Crippen LogP contribution in [0.5, 0.6) is 0 Å². The molecule has 2 saturated carbocycles. The monoisotopic (exact) mass is 302 g/mol. The maximum atomic E-state index is 13.1. The molecule has 0 spiro atoms. The van der Waals surface area contributed by atoms with Crippen molar-refractivity contribution in [1.29, 1.82) is 0 Å². The van der Waals surface area contributed by atoms with Crippen LogP contribution < -0.4 is 0 Å². The van der Waals surface area contributed by atoms with Crippen LogP contribution in [0.1, 0.15) is 51.4 Å². The lowest BCUT2D eigenvalue weighted by Gasteiger charge is -2.52. The van der Waals surface area contributed by atoms with E-state index in [-0.39, 0.29) is 5.41 Å². The molecule has 1 aromatic heterocycles. The fraction of sp³-hybridized carbons (Fsp3) is 0.824. The van der Waals surface area contributed by atoms with E-state index in [1.165, 1.54) is 25.7 Å². The third-order valence-corrected chi connectivity index (χ3v) is 6.37. The zero-order valence-electron chi connectivity index (χ0n) is 13.3. The molecule has 0 radical (unpaired) electrons. The third kappa shape index (κ3) is 2.34. The quantitative estimate of drug-likeness (QED) is 0.858. The van der Waals surface area contributed by atoms with Crippen LogP contribution in [0.3, 0.4) is 0 Å². The maximum Gasteiger partial charge on any atom is 0.229 e. The highest BCUT2D eigenvalue weighted by Gasteiger charge is 2.53. The van der Waals surface area contributed by atoms with E-state index in [4.69, 9.17) is 0 Å². The van der Waals surface area contributed by atoms with Crippen molar-refractivity contribution in [1.82, 2.24) is 19.7 Å². The van der Waals surface area contributed by atoms with Gasteiger partial charge in [-0.1, -0.05) is 12.8 Å². The fourth-order valence-corrected chi connectivity index (χ4v) is 4.54. The van der Waals surface area contributed by atoms with Gasteiger partial charge in [-0.15, -0.1) is 0 Å². The summed E-state index contributed by atoms with van der Waals surface area (Å²) < 4.78 is 1.92. The van der Waals surface area contributed by atoms with Gasteiger partial charge in [0, 0.05) is 19.6 Å². The standard InChI is InChI=1S/C17H26N4O/c22-16(17(7-2-8-17)15-3-1-4-15)20-9-5-14(6-10-20)11-21-13-18-12-19-21/h12-15H,1-11H2. The van der Waals surface area contributed by atoms with Gasteiger partial charge in [-0.05, 0) is 50.4 Å². The average molecular weight is 302 g/mol. The number of hydrogen-bond donors (Lipinski definition) is 0. The van der Waals surface area contributed by atoms with Gasteiger partial charge in [0.15, 0.2) is 0 Å². The van der Waals surface area contributed by atoms with E-state index in [0.717, 1.165) is 45.3 Å². The van der Waals surface area contributed by atoms with Crippen molar-refractivity contribution in [2.45, 2.75) is 57.9 Å². The lowest BCUT2D eigenvalue weighted by molar-refractivity contribution is -0.157. The van der Waals surface area contributed by atoms with E-state index in [9.17, 15) is 4.79 Å². The van der Waals surface area contributed by atoms with Crippen molar-refractivity contribution in [3.63, 3.8) is 0 Å². The molecule has 1 aromatic rings. The van der Waals surface area contributed by atoms with E-state index in [2.05, 4.69) is 15.0 Å². The van der Waals surface area contributed by atoms with E-state index in [0.29, 0.717) is 17.7 Å². The van der Waals surface area contributed by atoms with Crippen LogP contribution in [0, 0.1) is 17.3 Å². The molecule has 120 valence electrons. The number of likely N-dealkylation sites (tertiary alicyclic amines) is 1. The predicted octanol–water partition coefficient (Wildman–Crippen LogP) is 2.49. The van der Waals surface area contributed by atoms with Crippen LogP contribution in [0.2, 0.25) is 0 Å². The minimum atomic E-state index is 0.0526. The van der Waals surface area contributed by atoms with Gasteiger partial charge in [-0.2, -0.15) is 5.10 Å². The third-order valence-electron chi connectivity index (χ3n) is 6.37. The molecule has 1 saturated heterocycles. The maximum absolute atomic E-state index is 13.1. The summed E-state index contributed by atoms with van der Waals surface area (Å²) in [5, 5.41) is 4.19. The first-order valence-electron chi connectivity index (χ1n) is 8.90. The number of carbonyl (C=O) groups is 1. The largest absolute Gasteiger partial charge is 0.342 e. The topological polar surface area (TPSA) is 51.0 Å². The Morgan fingerprint density at radius 2 is 1.91 bits per heavy atom. The minimum absolute atomic E-state index is 0.0526. The van der Waals surface area contributed by atoms with Gasteiger partial charge in [0.1, 0.15) is 12.7 Å². The molecule has 5 nitrogen and oxygen atoms in total. The van der Waals surface area contributed by atoms with Crippen molar-refractivity contribution in [2.24, 2.45) is 17.3 Å². The Labute approximate surface area is 132 Å². The first-order chi connectivity index (χ1) is 10.8. The zero-order chi connectivity index (χ0) is 15.0. The van der Waals surface area contributed by atoms with Crippen molar-refractivity contribution in [2.75, 3.05) is 13.1 Å². The number of hydrogen-bond acceptors (Lipinski definition) is 3. The zero-order valence-corrected chi connectivity index (χ0v) is 13.3. The summed E-state index contributed by atoms with van der Waals surface area (Å²) in [6.07, 6.45) is 13.0. The molecule has 4 rings (SSSR count). The van der Waals surface area contributed by atoms with E-state index in [1.807, 2.05) is 4.68 Å². The Balaban J connectivity index is 1.34.